The summed E-state index contributed by atoms with van der Waals surface area (Å²) < 4.78 is 11.5. The number of hydrogen-bond acceptors (Lipinski definition) is 5. The van der Waals surface area contributed by atoms with Gasteiger partial charge in [-0.05, 0) is 19.1 Å². The van der Waals surface area contributed by atoms with Crippen molar-refractivity contribution in [3.05, 3.63) is 47.3 Å². The first-order valence-electron chi connectivity index (χ1n) is 6.40. The third kappa shape index (κ3) is 3.10. The van der Waals surface area contributed by atoms with Gasteiger partial charge in [-0.3, -0.25) is 4.79 Å². The Kier molecular flexibility index (Phi) is 4.37. The zero-order chi connectivity index (χ0) is 15.4. The summed E-state index contributed by atoms with van der Waals surface area (Å²) in [7, 11) is 1.29. The lowest BCUT2D eigenvalue weighted by Gasteiger charge is -2.08. The molecule has 0 radical (unpaired) electrons. The quantitative estimate of drug-likeness (QED) is 0.807. The topological polar surface area (TPSA) is 70.4 Å². The first kappa shape index (κ1) is 14.8. The Bertz CT molecular complexity index is 662. The smallest absolute Gasteiger partial charge is 0.341 e. The molecule has 0 fully saturated rings. The summed E-state index contributed by atoms with van der Waals surface area (Å²) in [4.78, 5) is 23.5. The SMILES string of the molecule is COC(=O)c1c(C)nn(C(C)=O)c1COc1ccccc1. The van der Waals surface area contributed by atoms with Crippen molar-refractivity contribution in [1.29, 1.82) is 0 Å². The summed E-state index contributed by atoms with van der Waals surface area (Å²) in [6, 6.07) is 9.13. The van der Waals surface area contributed by atoms with E-state index in [1.54, 1.807) is 19.1 Å². The fraction of sp³-hybridized carbons (Fsp3) is 0.267. The molecule has 0 saturated heterocycles. The molecule has 0 atom stereocenters. The van der Waals surface area contributed by atoms with E-state index in [4.69, 9.17) is 9.47 Å². The van der Waals surface area contributed by atoms with Gasteiger partial charge in [0.1, 0.15) is 17.9 Å². The number of aryl methyl sites for hydroxylation is 1. The van der Waals surface area contributed by atoms with E-state index in [9.17, 15) is 9.59 Å². The fourth-order valence-electron chi connectivity index (χ4n) is 2.00. The average molecular weight is 288 g/mol. The number of methoxy groups -OCH3 is 1. The first-order valence-corrected chi connectivity index (χ1v) is 6.40. The van der Waals surface area contributed by atoms with Crippen LogP contribution in [-0.2, 0) is 11.3 Å². The third-order valence-corrected chi connectivity index (χ3v) is 2.96. The fourth-order valence-corrected chi connectivity index (χ4v) is 2.00. The second-order valence-corrected chi connectivity index (χ2v) is 4.43. The standard InChI is InChI=1S/C15H16N2O4/c1-10-14(15(19)20-3)13(17(16-10)11(2)18)9-21-12-7-5-4-6-8-12/h4-8H,9H2,1-3H3. The van der Waals surface area contributed by atoms with Gasteiger partial charge >= 0.3 is 5.97 Å². The van der Waals surface area contributed by atoms with Crippen molar-refractivity contribution in [1.82, 2.24) is 9.78 Å². The van der Waals surface area contributed by atoms with Crippen LogP contribution in [0.25, 0.3) is 0 Å². The van der Waals surface area contributed by atoms with Crippen molar-refractivity contribution in [3.8, 4) is 5.75 Å². The van der Waals surface area contributed by atoms with Gasteiger partial charge < -0.3 is 9.47 Å². The van der Waals surface area contributed by atoms with Gasteiger partial charge in [0, 0.05) is 6.92 Å². The minimum absolute atomic E-state index is 0.0505. The Morgan fingerprint density at radius 1 is 1.24 bits per heavy atom. The average Bonchev–Trinajstić information content (AvgIpc) is 2.82. The van der Waals surface area contributed by atoms with E-state index in [0.717, 1.165) is 0 Å². The second kappa shape index (κ2) is 6.21. The molecule has 0 aliphatic carbocycles. The zero-order valence-corrected chi connectivity index (χ0v) is 12.1. The molecule has 2 aromatic rings. The summed E-state index contributed by atoms with van der Waals surface area (Å²) in [6.45, 7) is 3.08. The van der Waals surface area contributed by atoms with Crippen LogP contribution in [0.2, 0.25) is 0 Å². The number of esters is 1. The maximum atomic E-state index is 11.9. The Balaban J connectivity index is 2.35. The highest BCUT2D eigenvalue weighted by Gasteiger charge is 2.24. The summed E-state index contributed by atoms with van der Waals surface area (Å²) in [6.07, 6.45) is 0. The summed E-state index contributed by atoms with van der Waals surface area (Å²) >= 11 is 0. The normalized spacial score (nSPS) is 10.2. The monoisotopic (exact) mass is 288 g/mol. The molecule has 0 amide bonds. The predicted octanol–water partition coefficient (Wildman–Crippen LogP) is 2.22. The van der Waals surface area contributed by atoms with E-state index in [2.05, 4.69) is 5.10 Å². The zero-order valence-electron chi connectivity index (χ0n) is 12.1. The molecule has 0 bridgehead atoms. The van der Waals surface area contributed by atoms with Crippen LogP contribution in [-0.4, -0.2) is 28.8 Å². The van der Waals surface area contributed by atoms with Gasteiger partial charge in [0.2, 0.25) is 5.91 Å². The van der Waals surface area contributed by atoms with Crippen LogP contribution in [0.4, 0.5) is 0 Å². The van der Waals surface area contributed by atoms with E-state index in [1.807, 2.05) is 18.2 Å². The highest BCUT2D eigenvalue weighted by atomic mass is 16.5. The van der Waals surface area contributed by atoms with E-state index in [0.29, 0.717) is 17.1 Å². The lowest BCUT2D eigenvalue weighted by atomic mass is 10.2. The van der Waals surface area contributed by atoms with E-state index >= 15 is 0 Å². The molecule has 0 saturated carbocycles. The molecule has 0 N–H and O–H groups in total. The highest BCUT2D eigenvalue weighted by Crippen LogP contribution is 2.18. The molecule has 1 aromatic carbocycles. The molecule has 110 valence electrons. The molecule has 21 heavy (non-hydrogen) atoms. The largest absolute Gasteiger partial charge is 0.487 e. The van der Waals surface area contributed by atoms with Crippen molar-refractivity contribution in [2.75, 3.05) is 7.11 Å². The third-order valence-electron chi connectivity index (χ3n) is 2.96. The number of ether oxygens (including phenoxy) is 2. The number of carbonyl (C=O) groups excluding carboxylic acids is 2. The molecule has 1 aromatic heterocycles. The van der Waals surface area contributed by atoms with Crippen LogP contribution in [0.1, 0.15) is 33.5 Å². The van der Waals surface area contributed by atoms with Gasteiger partial charge in [-0.1, -0.05) is 18.2 Å². The molecular formula is C15H16N2O4. The van der Waals surface area contributed by atoms with Gasteiger partial charge in [-0.25, -0.2) is 9.48 Å². The van der Waals surface area contributed by atoms with Crippen LogP contribution in [0.3, 0.4) is 0 Å². The van der Waals surface area contributed by atoms with Crippen LogP contribution >= 0.6 is 0 Å². The summed E-state index contributed by atoms with van der Waals surface area (Å²) in [5.74, 6) is -0.186. The Labute approximate surface area is 122 Å². The molecule has 6 nitrogen and oxygen atoms in total. The highest BCUT2D eigenvalue weighted by molar-refractivity contribution is 5.93. The van der Waals surface area contributed by atoms with Crippen molar-refractivity contribution in [2.45, 2.75) is 20.5 Å². The van der Waals surface area contributed by atoms with Crippen LogP contribution in [0.5, 0.6) is 5.75 Å². The predicted molar refractivity (Wildman–Crippen MR) is 75.4 cm³/mol. The van der Waals surface area contributed by atoms with Crippen LogP contribution in [0.15, 0.2) is 30.3 Å². The molecule has 0 spiro atoms. The van der Waals surface area contributed by atoms with Crippen molar-refractivity contribution >= 4 is 11.9 Å². The van der Waals surface area contributed by atoms with Gasteiger partial charge in [-0.15, -0.1) is 0 Å². The van der Waals surface area contributed by atoms with Gasteiger partial charge in [0.05, 0.1) is 18.5 Å². The molecule has 0 aliphatic rings. The van der Waals surface area contributed by atoms with Gasteiger partial charge in [-0.2, -0.15) is 5.10 Å². The van der Waals surface area contributed by atoms with Crippen LogP contribution < -0.4 is 4.74 Å². The maximum Gasteiger partial charge on any atom is 0.341 e. The van der Waals surface area contributed by atoms with Crippen molar-refractivity contribution in [3.63, 3.8) is 0 Å². The number of hydrogen-bond donors (Lipinski definition) is 0. The van der Waals surface area contributed by atoms with E-state index < -0.39 is 5.97 Å². The lowest BCUT2D eigenvalue weighted by molar-refractivity contribution is 0.0597. The Hall–Kier alpha value is -2.63. The van der Waals surface area contributed by atoms with Crippen molar-refractivity contribution < 1.29 is 19.1 Å². The van der Waals surface area contributed by atoms with Gasteiger partial charge in [0.25, 0.3) is 0 Å². The summed E-state index contributed by atoms with van der Waals surface area (Å²) in [5.41, 5.74) is 1.09. The molecule has 2 rings (SSSR count). The minimum Gasteiger partial charge on any atom is -0.487 e. The number of aromatic nitrogens is 2. The lowest BCUT2D eigenvalue weighted by Crippen LogP contribution is -2.16. The number of carbonyl (C=O) groups is 2. The van der Waals surface area contributed by atoms with E-state index in [1.165, 1.54) is 18.7 Å². The minimum atomic E-state index is -0.535. The molecule has 1 heterocycles. The molecule has 0 unspecified atom stereocenters. The van der Waals surface area contributed by atoms with Gasteiger partial charge in [0.15, 0.2) is 0 Å². The number of rotatable bonds is 4. The number of para-hydroxylation sites is 1. The number of nitrogens with zero attached hydrogens (tertiary/aromatic N) is 2. The Morgan fingerprint density at radius 3 is 2.48 bits per heavy atom. The molecule has 6 heteroatoms. The summed E-state index contributed by atoms with van der Waals surface area (Å²) in [5, 5.41) is 4.08. The maximum absolute atomic E-state index is 11.9. The van der Waals surface area contributed by atoms with E-state index in [-0.39, 0.29) is 18.1 Å². The molecular weight excluding hydrogens is 272 g/mol. The Morgan fingerprint density at radius 2 is 1.90 bits per heavy atom. The molecule has 0 aliphatic heterocycles. The second-order valence-electron chi connectivity index (χ2n) is 4.43. The van der Waals surface area contributed by atoms with Crippen LogP contribution in [0, 0.1) is 6.92 Å². The van der Waals surface area contributed by atoms with Crippen molar-refractivity contribution in [2.24, 2.45) is 0 Å². The first-order chi connectivity index (χ1) is 10.0. The number of benzene rings is 1.